The van der Waals surface area contributed by atoms with Crippen molar-refractivity contribution in [2.24, 2.45) is 23.7 Å². The zero-order chi connectivity index (χ0) is 20.9. The number of halogens is 2. The first kappa shape index (κ1) is 22.0. The monoisotopic (exact) mass is 418 g/mol. The standard InChI is InChI=1S/C26H36F2O2/c1-2-3-4-18-16-29-26(30-17-18)22-11-9-20(10-12-22)19-5-7-21(8-6-19)23-13-14-24(27)25(28)15-23/h3-4,13-15,18-22,26H,2,5-12,16-17H2,1H3/b4-3+/t18-,19-,20-,21-,22-,26-. The van der Waals surface area contributed by atoms with Crippen LogP contribution in [0.2, 0.25) is 0 Å². The second-order valence-electron chi connectivity index (χ2n) is 9.59. The van der Waals surface area contributed by atoms with E-state index in [2.05, 4.69) is 19.1 Å². The largest absolute Gasteiger partial charge is 0.352 e. The first-order valence-corrected chi connectivity index (χ1v) is 12.0. The van der Waals surface area contributed by atoms with E-state index in [0.29, 0.717) is 17.8 Å². The van der Waals surface area contributed by atoms with E-state index in [1.54, 1.807) is 6.07 Å². The van der Waals surface area contributed by atoms with Crippen LogP contribution in [0.25, 0.3) is 0 Å². The molecular formula is C26H36F2O2. The van der Waals surface area contributed by atoms with Crippen molar-refractivity contribution in [3.05, 3.63) is 47.5 Å². The second kappa shape index (κ2) is 10.4. The Kier molecular flexibility index (Phi) is 7.59. The van der Waals surface area contributed by atoms with E-state index in [9.17, 15) is 8.78 Å². The minimum Gasteiger partial charge on any atom is -0.352 e. The maximum atomic E-state index is 13.6. The van der Waals surface area contributed by atoms with Crippen molar-refractivity contribution in [3.8, 4) is 0 Å². The lowest BCUT2D eigenvalue weighted by Gasteiger charge is -2.41. The molecule has 1 heterocycles. The molecule has 1 aromatic rings. The maximum absolute atomic E-state index is 13.6. The van der Waals surface area contributed by atoms with Gasteiger partial charge in [0.05, 0.1) is 13.2 Å². The zero-order valence-corrected chi connectivity index (χ0v) is 18.2. The van der Waals surface area contributed by atoms with Crippen molar-refractivity contribution in [2.45, 2.75) is 76.9 Å². The SMILES string of the molecule is CC/C=C/[C@H]1CO[C@H]([C@H]2CC[C@H]([C@H]3CC[C@H](c4ccc(F)c(F)c4)CC3)CC2)OC1. The van der Waals surface area contributed by atoms with Crippen LogP contribution in [0.1, 0.15) is 76.2 Å². The lowest BCUT2D eigenvalue weighted by Crippen LogP contribution is -2.38. The molecule has 166 valence electrons. The summed E-state index contributed by atoms with van der Waals surface area (Å²) in [6, 6.07) is 4.44. The summed E-state index contributed by atoms with van der Waals surface area (Å²) < 4.78 is 38.9. The highest BCUT2D eigenvalue weighted by molar-refractivity contribution is 5.22. The molecule has 0 unspecified atom stereocenters. The molecule has 30 heavy (non-hydrogen) atoms. The number of hydrogen-bond donors (Lipinski definition) is 0. The summed E-state index contributed by atoms with van der Waals surface area (Å²) in [5.41, 5.74) is 0.967. The molecule has 1 aliphatic heterocycles. The van der Waals surface area contributed by atoms with Crippen molar-refractivity contribution in [1.82, 2.24) is 0 Å². The van der Waals surface area contributed by atoms with Gasteiger partial charge in [0.1, 0.15) is 0 Å². The Labute approximate surface area is 180 Å². The number of rotatable bonds is 5. The third-order valence-electron chi connectivity index (χ3n) is 7.65. The third kappa shape index (κ3) is 5.31. The van der Waals surface area contributed by atoms with Gasteiger partial charge in [-0.05, 0) is 93.2 Å². The number of hydrogen-bond acceptors (Lipinski definition) is 2. The fourth-order valence-electron chi connectivity index (χ4n) is 5.82. The van der Waals surface area contributed by atoms with Crippen LogP contribution in [0.3, 0.4) is 0 Å². The van der Waals surface area contributed by atoms with Gasteiger partial charge in [0.2, 0.25) is 0 Å². The Morgan fingerprint density at radius 2 is 1.43 bits per heavy atom. The van der Waals surface area contributed by atoms with Crippen LogP contribution in [0.4, 0.5) is 8.78 Å². The normalized spacial score (nSPS) is 35.6. The smallest absolute Gasteiger partial charge is 0.160 e. The molecule has 1 aromatic carbocycles. The van der Waals surface area contributed by atoms with Gasteiger partial charge in [-0.1, -0.05) is 25.1 Å². The van der Waals surface area contributed by atoms with Gasteiger partial charge >= 0.3 is 0 Å². The highest BCUT2D eigenvalue weighted by Gasteiger charge is 2.35. The molecule has 0 atom stereocenters. The van der Waals surface area contributed by atoms with Crippen molar-refractivity contribution >= 4 is 0 Å². The van der Waals surface area contributed by atoms with E-state index >= 15 is 0 Å². The van der Waals surface area contributed by atoms with Crippen LogP contribution in [0.15, 0.2) is 30.4 Å². The lowest BCUT2D eigenvalue weighted by molar-refractivity contribution is -0.223. The Morgan fingerprint density at radius 3 is 2.03 bits per heavy atom. The van der Waals surface area contributed by atoms with E-state index in [-0.39, 0.29) is 6.29 Å². The molecule has 4 rings (SSSR count). The molecular weight excluding hydrogens is 382 g/mol. The van der Waals surface area contributed by atoms with Crippen LogP contribution >= 0.6 is 0 Å². The predicted molar refractivity (Wildman–Crippen MR) is 115 cm³/mol. The van der Waals surface area contributed by atoms with E-state index in [4.69, 9.17) is 9.47 Å². The summed E-state index contributed by atoms with van der Waals surface area (Å²) in [5.74, 6) is 1.45. The van der Waals surface area contributed by atoms with Gasteiger partial charge in [-0.3, -0.25) is 0 Å². The van der Waals surface area contributed by atoms with Gasteiger partial charge in [-0.25, -0.2) is 8.78 Å². The zero-order valence-electron chi connectivity index (χ0n) is 18.2. The minimum absolute atomic E-state index is 0.0127. The van der Waals surface area contributed by atoms with Crippen molar-refractivity contribution in [2.75, 3.05) is 13.2 Å². The van der Waals surface area contributed by atoms with Gasteiger partial charge in [0.25, 0.3) is 0 Å². The van der Waals surface area contributed by atoms with Gasteiger partial charge in [-0.15, -0.1) is 0 Å². The van der Waals surface area contributed by atoms with Crippen molar-refractivity contribution in [3.63, 3.8) is 0 Å². The second-order valence-corrected chi connectivity index (χ2v) is 9.59. The Hall–Kier alpha value is -1.26. The molecule has 0 N–H and O–H groups in total. The molecule has 0 radical (unpaired) electrons. The predicted octanol–water partition coefficient (Wildman–Crippen LogP) is 7.00. The highest BCUT2D eigenvalue weighted by atomic mass is 19.2. The molecule has 0 amide bonds. The van der Waals surface area contributed by atoms with E-state index in [1.165, 1.54) is 50.7 Å². The first-order chi connectivity index (χ1) is 14.6. The van der Waals surface area contributed by atoms with Crippen LogP contribution < -0.4 is 0 Å². The van der Waals surface area contributed by atoms with Crippen LogP contribution in [-0.2, 0) is 9.47 Å². The van der Waals surface area contributed by atoms with E-state index in [0.717, 1.165) is 49.9 Å². The Morgan fingerprint density at radius 1 is 0.833 bits per heavy atom. The van der Waals surface area contributed by atoms with Gasteiger partial charge in [0, 0.05) is 11.8 Å². The Balaban J connectivity index is 1.20. The quantitative estimate of drug-likeness (QED) is 0.479. The number of allylic oxidation sites excluding steroid dienone is 1. The third-order valence-corrected chi connectivity index (χ3v) is 7.65. The molecule has 2 aliphatic carbocycles. The first-order valence-electron chi connectivity index (χ1n) is 12.0. The summed E-state index contributed by atoms with van der Waals surface area (Å²) in [7, 11) is 0. The van der Waals surface area contributed by atoms with Gasteiger partial charge in [0.15, 0.2) is 17.9 Å². The molecule has 4 heteroatoms. The summed E-state index contributed by atoms with van der Waals surface area (Å²) in [6.45, 7) is 3.72. The molecule has 1 saturated heterocycles. The van der Waals surface area contributed by atoms with Crippen LogP contribution in [-0.4, -0.2) is 19.5 Å². The molecule has 3 aliphatic rings. The minimum atomic E-state index is -0.747. The lowest BCUT2D eigenvalue weighted by atomic mass is 9.68. The Bertz CT molecular complexity index is 695. The van der Waals surface area contributed by atoms with Gasteiger partial charge < -0.3 is 9.47 Å². The molecule has 2 nitrogen and oxygen atoms in total. The summed E-state index contributed by atoms with van der Waals surface area (Å²) in [4.78, 5) is 0. The average molecular weight is 419 g/mol. The topological polar surface area (TPSA) is 18.5 Å². The van der Waals surface area contributed by atoms with Crippen LogP contribution in [0.5, 0.6) is 0 Å². The summed E-state index contributed by atoms with van der Waals surface area (Å²) in [5, 5.41) is 0. The van der Waals surface area contributed by atoms with Gasteiger partial charge in [-0.2, -0.15) is 0 Å². The summed E-state index contributed by atoms with van der Waals surface area (Å²) in [6.07, 6.45) is 15.0. The van der Waals surface area contributed by atoms with Crippen LogP contribution in [0, 0.1) is 35.3 Å². The number of ether oxygens (including phenoxy) is 2. The fraction of sp³-hybridized carbons (Fsp3) is 0.692. The fourth-order valence-corrected chi connectivity index (χ4v) is 5.82. The molecule has 0 spiro atoms. The molecule has 0 aromatic heterocycles. The maximum Gasteiger partial charge on any atom is 0.160 e. The highest BCUT2D eigenvalue weighted by Crippen LogP contribution is 2.45. The van der Waals surface area contributed by atoms with Crippen molar-refractivity contribution < 1.29 is 18.3 Å². The molecule has 3 fully saturated rings. The van der Waals surface area contributed by atoms with Crippen molar-refractivity contribution in [1.29, 1.82) is 0 Å². The van der Waals surface area contributed by atoms with E-state index < -0.39 is 11.6 Å². The summed E-state index contributed by atoms with van der Waals surface area (Å²) >= 11 is 0. The average Bonchev–Trinajstić information content (AvgIpc) is 2.80. The molecule has 0 bridgehead atoms. The van der Waals surface area contributed by atoms with E-state index in [1.807, 2.05) is 0 Å². The molecule has 2 saturated carbocycles. The number of benzene rings is 1.